The van der Waals surface area contributed by atoms with Crippen molar-refractivity contribution in [2.45, 2.75) is 57.9 Å². The summed E-state index contributed by atoms with van der Waals surface area (Å²) in [6.45, 7) is 3.48. The van der Waals surface area contributed by atoms with Crippen molar-refractivity contribution in [1.29, 1.82) is 0 Å². The number of carbonyl (C=O) groups is 2. The van der Waals surface area contributed by atoms with Crippen LogP contribution in [0.4, 0.5) is 24.5 Å². The normalized spacial score (nSPS) is 17.1. The minimum Gasteiger partial charge on any atom is -0.504 e. The van der Waals surface area contributed by atoms with E-state index in [-0.39, 0.29) is 76.7 Å². The van der Waals surface area contributed by atoms with Gasteiger partial charge in [0.05, 0.1) is 39.2 Å². The molecule has 0 radical (unpaired) electrons. The second-order valence-corrected chi connectivity index (χ2v) is 13.5. The summed E-state index contributed by atoms with van der Waals surface area (Å²) in [5, 5.41) is 21.7. The van der Waals surface area contributed by atoms with E-state index in [2.05, 4.69) is 25.5 Å². The summed E-state index contributed by atoms with van der Waals surface area (Å²) in [5.41, 5.74) is 0.841. The van der Waals surface area contributed by atoms with E-state index in [4.69, 9.17) is 16.6 Å². The van der Waals surface area contributed by atoms with Gasteiger partial charge in [0.1, 0.15) is 18.6 Å². The van der Waals surface area contributed by atoms with E-state index in [0.29, 0.717) is 24.1 Å². The molecule has 8 rings (SSSR count). The maximum atomic E-state index is 14.6. The van der Waals surface area contributed by atoms with Gasteiger partial charge in [0.25, 0.3) is 11.5 Å². The first-order valence-electron chi connectivity index (χ1n) is 17.0. The number of aromatic hydroxyl groups is 1. The van der Waals surface area contributed by atoms with Gasteiger partial charge in [0, 0.05) is 37.1 Å². The van der Waals surface area contributed by atoms with Crippen molar-refractivity contribution in [1.82, 2.24) is 43.6 Å². The van der Waals surface area contributed by atoms with Gasteiger partial charge in [-0.15, -0.1) is 5.10 Å². The number of pyridine rings is 1. The molecule has 1 aliphatic carbocycles. The summed E-state index contributed by atoms with van der Waals surface area (Å²) < 4.78 is 44.2. The van der Waals surface area contributed by atoms with E-state index < -0.39 is 35.7 Å². The quantitative estimate of drug-likeness (QED) is 0.238. The number of rotatable bonds is 7. The van der Waals surface area contributed by atoms with Gasteiger partial charge in [0.15, 0.2) is 17.3 Å². The van der Waals surface area contributed by atoms with E-state index in [0.717, 1.165) is 28.2 Å². The number of nitrogens with one attached hydrogen (secondary N) is 1. The van der Waals surface area contributed by atoms with Crippen LogP contribution in [0.25, 0.3) is 22.7 Å². The predicted octanol–water partition coefficient (Wildman–Crippen LogP) is 4.38. The molecular formula is C35H31ClF3N11O4. The van der Waals surface area contributed by atoms with Gasteiger partial charge >= 0.3 is 6.18 Å². The molecule has 2 atom stereocenters. The number of aryl methyl sites for hydroxylation is 1. The van der Waals surface area contributed by atoms with Crippen molar-refractivity contribution in [2.24, 2.45) is 0 Å². The Labute approximate surface area is 308 Å². The first-order chi connectivity index (χ1) is 25.8. The predicted molar refractivity (Wildman–Crippen MR) is 190 cm³/mol. The number of benzene rings is 1. The van der Waals surface area contributed by atoms with Crippen LogP contribution < -0.4 is 15.8 Å². The highest BCUT2D eigenvalue weighted by Gasteiger charge is 2.47. The number of nitrogens with zero attached hydrogens (tertiary/aromatic N) is 10. The number of halogens is 4. The third kappa shape index (κ3) is 5.86. The van der Waals surface area contributed by atoms with Crippen molar-refractivity contribution in [3.8, 4) is 17.1 Å². The van der Waals surface area contributed by atoms with Gasteiger partial charge in [-0.1, -0.05) is 18.5 Å². The summed E-state index contributed by atoms with van der Waals surface area (Å²) in [6.07, 6.45) is 1.56. The number of alkyl halides is 3. The first-order valence-corrected chi connectivity index (χ1v) is 17.4. The Bertz CT molecular complexity index is 2550. The maximum Gasteiger partial charge on any atom is 0.416 e. The van der Waals surface area contributed by atoms with Gasteiger partial charge in [-0.25, -0.2) is 14.5 Å². The van der Waals surface area contributed by atoms with Crippen molar-refractivity contribution in [2.75, 3.05) is 23.3 Å². The van der Waals surface area contributed by atoms with Crippen LogP contribution in [0, 0.1) is 6.92 Å². The minimum atomic E-state index is -4.62. The number of anilines is 2. The lowest BCUT2D eigenvalue weighted by molar-refractivity contribution is -0.137. The highest BCUT2D eigenvalue weighted by atomic mass is 35.5. The molecule has 19 heteroatoms. The topological polar surface area (TPSA) is 168 Å². The SMILES string of the molecule is CCc1c(N2CCN(C(=O)c3ncnc(C)c3O)[C@@H]3CC[C@@H]32)c(=O)n2nc(-c3ccn4nccc4c3)nc2n1CC(=O)Nc1ccc(C(F)(F)F)cc1Cl. The number of fused-ring (bicyclic) bond motifs is 3. The molecule has 15 nitrogen and oxygen atoms in total. The fraction of sp³-hybridized carbons (Fsp3) is 0.314. The molecule has 2 fully saturated rings. The second kappa shape index (κ2) is 13.1. The van der Waals surface area contributed by atoms with Crippen molar-refractivity contribution in [3.05, 3.63) is 93.1 Å². The highest BCUT2D eigenvalue weighted by Crippen LogP contribution is 2.39. The van der Waals surface area contributed by atoms with E-state index >= 15 is 0 Å². The van der Waals surface area contributed by atoms with E-state index in [1.165, 1.54) is 6.33 Å². The van der Waals surface area contributed by atoms with Crippen molar-refractivity contribution in [3.63, 3.8) is 0 Å². The fourth-order valence-electron chi connectivity index (χ4n) is 7.24. The molecule has 1 saturated heterocycles. The van der Waals surface area contributed by atoms with Crippen LogP contribution in [0.3, 0.4) is 0 Å². The average Bonchev–Trinajstić information content (AvgIpc) is 3.79. The Balaban J connectivity index is 1.20. The van der Waals surface area contributed by atoms with Gasteiger partial charge in [-0.3, -0.25) is 14.4 Å². The van der Waals surface area contributed by atoms with E-state index in [1.807, 2.05) is 17.9 Å². The van der Waals surface area contributed by atoms with Crippen molar-refractivity contribution >= 4 is 46.1 Å². The molecule has 1 aliphatic heterocycles. The molecule has 2 amide bonds. The molecule has 1 aromatic carbocycles. The molecule has 2 aliphatic rings. The average molecular weight is 762 g/mol. The fourth-order valence-corrected chi connectivity index (χ4v) is 7.47. The lowest BCUT2D eigenvalue weighted by Gasteiger charge is -2.54. The molecule has 6 heterocycles. The number of carbonyl (C=O) groups excluding carboxylic acids is 2. The van der Waals surface area contributed by atoms with Gasteiger partial charge in [0.2, 0.25) is 11.7 Å². The zero-order chi connectivity index (χ0) is 38.1. The Hall–Kier alpha value is -6.04. The molecule has 0 unspecified atom stereocenters. The van der Waals surface area contributed by atoms with Crippen LogP contribution in [-0.4, -0.2) is 85.7 Å². The molecule has 0 spiro atoms. The van der Waals surface area contributed by atoms with Crippen LogP contribution in [0.5, 0.6) is 5.75 Å². The summed E-state index contributed by atoms with van der Waals surface area (Å²) in [7, 11) is 0. The Morgan fingerprint density at radius 2 is 1.87 bits per heavy atom. The minimum absolute atomic E-state index is 0.0238. The van der Waals surface area contributed by atoms with Crippen molar-refractivity contribution < 1.29 is 27.9 Å². The lowest BCUT2D eigenvalue weighted by Crippen LogP contribution is -2.67. The van der Waals surface area contributed by atoms with Gasteiger partial charge < -0.3 is 24.8 Å². The number of hydrogen-bond acceptors (Lipinski definition) is 10. The summed E-state index contributed by atoms with van der Waals surface area (Å²) >= 11 is 6.16. The zero-order valence-corrected chi connectivity index (χ0v) is 29.5. The Kier molecular flexibility index (Phi) is 8.51. The molecule has 6 aromatic rings. The van der Waals surface area contributed by atoms with Crippen LogP contribution in [0.1, 0.15) is 47.2 Å². The molecule has 2 N–H and O–H groups in total. The van der Waals surface area contributed by atoms with Gasteiger partial charge in [-0.05, 0) is 62.6 Å². The standard InChI is InChI=1S/C35H31ClF3N11O4/c1-3-24-29(46-12-13-47(26-7-6-25(26)46)32(53)28-30(52)18(2)40-17-41-28)33(54)50-34(44-31(45-50)19-9-11-49-21(14-19)8-10-42-49)48(24)16-27(51)43-23-5-4-20(15-22(23)36)35(37,38)39/h4-5,8-11,14-15,17,25-26,52H,3,6-7,12-13,16H2,1-2H3,(H,43,51)/t25-,26+/m0/s1. The third-order valence-electron chi connectivity index (χ3n) is 10.0. The summed E-state index contributed by atoms with van der Waals surface area (Å²) in [5.74, 6) is -1.07. The van der Waals surface area contributed by atoms with Crippen LogP contribution >= 0.6 is 11.6 Å². The Morgan fingerprint density at radius 1 is 1.07 bits per heavy atom. The van der Waals surface area contributed by atoms with E-state index in [1.54, 1.807) is 45.4 Å². The van der Waals surface area contributed by atoms with Gasteiger partial charge in [-0.2, -0.15) is 27.8 Å². The molecule has 1 saturated carbocycles. The number of piperazine rings is 1. The Morgan fingerprint density at radius 3 is 2.59 bits per heavy atom. The van der Waals surface area contributed by atoms with Crippen LogP contribution in [0.2, 0.25) is 5.02 Å². The largest absolute Gasteiger partial charge is 0.504 e. The monoisotopic (exact) mass is 761 g/mol. The van der Waals surface area contributed by atoms with Crippen LogP contribution in [-0.2, 0) is 23.9 Å². The third-order valence-corrected chi connectivity index (χ3v) is 10.3. The van der Waals surface area contributed by atoms with E-state index in [9.17, 15) is 32.7 Å². The summed E-state index contributed by atoms with van der Waals surface area (Å²) in [4.78, 5) is 58.2. The molecule has 54 heavy (non-hydrogen) atoms. The molecule has 278 valence electrons. The summed E-state index contributed by atoms with van der Waals surface area (Å²) in [6, 6.07) is 7.42. The number of amides is 2. The first kappa shape index (κ1) is 35.0. The highest BCUT2D eigenvalue weighted by molar-refractivity contribution is 6.33. The second-order valence-electron chi connectivity index (χ2n) is 13.1. The molecule has 0 bridgehead atoms. The molecular weight excluding hydrogens is 731 g/mol. The maximum absolute atomic E-state index is 14.6. The smallest absolute Gasteiger partial charge is 0.416 e. The molecule has 5 aromatic heterocycles. The lowest BCUT2D eigenvalue weighted by atomic mass is 9.81. The van der Waals surface area contributed by atoms with Crippen LogP contribution in [0.15, 0.2) is 59.9 Å². The zero-order valence-electron chi connectivity index (χ0n) is 28.7. The number of aromatic nitrogens is 8. The number of hydrogen-bond donors (Lipinski definition) is 2.